The molecule has 0 amide bonds. The van der Waals surface area contributed by atoms with Crippen molar-refractivity contribution >= 4 is 5.78 Å². The molecule has 0 radical (unpaired) electrons. The first-order valence-corrected chi connectivity index (χ1v) is 5.21. The highest BCUT2D eigenvalue weighted by Gasteiger charge is 2.17. The third-order valence-electron chi connectivity index (χ3n) is 1.84. The molecule has 0 aromatic rings. The van der Waals surface area contributed by atoms with E-state index in [0.717, 1.165) is 6.42 Å². The Bertz CT molecular complexity index is 226. The van der Waals surface area contributed by atoms with E-state index in [4.69, 9.17) is 0 Å². The first-order valence-electron chi connectivity index (χ1n) is 5.21. The van der Waals surface area contributed by atoms with Crippen LogP contribution >= 0.6 is 0 Å². The Hall–Kier alpha value is -0.850. The smallest absolute Gasteiger partial charge is 0.160 e. The molecule has 80 valence electrons. The van der Waals surface area contributed by atoms with Gasteiger partial charge >= 0.3 is 0 Å². The summed E-state index contributed by atoms with van der Waals surface area (Å²) < 4.78 is 0. The van der Waals surface area contributed by atoms with Crippen molar-refractivity contribution in [2.24, 2.45) is 11.3 Å². The first-order chi connectivity index (χ1) is 6.34. The molecule has 0 spiro atoms. The summed E-state index contributed by atoms with van der Waals surface area (Å²) in [5, 5.41) is 0. The van der Waals surface area contributed by atoms with Gasteiger partial charge in [0.2, 0.25) is 0 Å². The molecule has 1 heteroatoms. The fourth-order valence-electron chi connectivity index (χ4n) is 0.822. The van der Waals surface area contributed by atoms with Crippen LogP contribution in [0, 0.1) is 11.3 Å². The molecule has 0 aliphatic rings. The first kappa shape index (κ1) is 13.2. The van der Waals surface area contributed by atoms with Crippen molar-refractivity contribution in [3.63, 3.8) is 0 Å². The van der Waals surface area contributed by atoms with E-state index < -0.39 is 0 Å². The van der Waals surface area contributed by atoms with Gasteiger partial charge in [0.15, 0.2) is 5.78 Å². The van der Waals surface area contributed by atoms with Crippen LogP contribution in [-0.2, 0) is 4.79 Å². The molecular weight excluding hydrogens is 172 g/mol. The molecule has 0 aliphatic heterocycles. The molecule has 0 N–H and O–H groups in total. The zero-order valence-electron chi connectivity index (χ0n) is 10.0. The Balaban J connectivity index is 3.96. The van der Waals surface area contributed by atoms with E-state index >= 15 is 0 Å². The minimum atomic E-state index is -0.262. The van der Waals surface area contributed by atoms with Crippen LogP contribution in [0.4, 0.5) is 0 Å². The molecule has 0 rings (SSSR count). The van der Waals surface area contributed by atoms with Crippen molar-refractivity contribution in [3.05, 3.63) is 24.3 Å². The maximum Gasteiger partial charge on any atom is 0.160 e. The minimum absolute atomic E-state index is 0.173. The van der Waals surface area contributed by atoms with Crippen molar-refractivity contribution in [2.45, 2.75) is 41.0 Å². The largest absolute Gasteiger partial charge is 0.294 e. The van der Waals surface area contributed by atoms with Crippen LogP contribution in [0.3, 0.4) is 0 Å². The van der Waals surface area contributed by atoms with E-state index in [1.165, 1.54) is 0 Å². The molecule has 0 aliphatic carbocycles. The summed E-state index contributed by atoms with van der Waals surface area (Å²) in [5.74, 6) is 0.852. The fraction of sp³-hybridized carbons (Fsp3) is 0.615. The van der Waals surface area contributed by atoms with Crippen LogP contribution in [0.2, 0.25) is 0 Å². The van der Waals surface area contributed by atoms with Gasteiger partial charge in [-0.25, -0.2) is 0 Å². The van der Waals surface area contributed by atoms with Crippen LogP contribution in [-0.4, -0.2) is 5.78 Å². The van der Waals surface area contributed by atoms with Crippen molar-refractivity contribution in [1.29, 1.82) is 0 Å². The van der Waals surface area contributed by atoms with Gasteiger partial charge in [0.25, 0.3) is 0 Å². The highest BCUT2D eigenvalue weighted by atomic mass is 16.1. The lowest BCUT2D eigenvalue weighted by molar-refractivity contribution is -0.121. The van der Waals surface area contributed by atoms with Gasteiger partial charge in [-0.3, -0.25) is 4.79 Å². The quantitative estimate of drug-likeness (QED) is 0.492. The van der Waals surface area contributed by atoms with Crippen LogP contribution in [0.5, 0.6) is 0 Å². The number of ketones is 1. The average Bonchev–Trinajstić information content (AvgIpc) is 2.01. The predicted molar refractivity (Wildman–Crippen MR) is 62.2 cm³/mol. The van der Waals surface area contributed by atoms with Gasteiger partial charge in [-0.2, -0.15) is 0 Å². The average molecular weight is 194 g/mol. The van der Waals surface area contributed by atoms with Crippen LogP contribution in [0.15, 0.2) is 24.3 Å². The van der Waals surface area contributed by atoms with Gasteiger partial charge < -0.3 is 0 Å². The molecule has 0 aromatic carbocycles. The standard InChI is InChI=1S/C13H22O/c1-11(2)9-7-6-8-10-12(14)13(3,4)5/h6-8,10-11H,9H2,1-5H3/b7-6+,10-8+. The maximum atomic E-state index is 11.4. The van der Waals surface area contributed by atoms with Crippen molar-refractivity contribution in [1.82, 2.24) is 0 Å². The van der Waals surface area contributed by atoms with Crippen molar-refractivity contribution in [2.75, 3.05) is 0 Å². The Morgan fingerprint density at radius 1 is 1.21 bits per heavy atom. The number of carbonyl (C=O) groups is 1. The molecule has 0 unspecified atom stereocenters. The van der Waals surface area contributed by atoms with Gasteiger partial charge in [0.1, 0.15) is 0 Å². The van der Waals surface area contributed by atoms with Crippen molar-refractivity contribution < 1.29 is 4.79 Å². The summed E-state index contributed by atoms with van der Waals surface area (Å²) in [6.07, 6.45) is 8.58. The lowest BCUT2D eigenvalue weighted by Gasteiger charge is -2.12. The molecule has 0 saturated heterocycles. The molecule has 0 saturated carbocycles. The molecule has 0 bridgehead atoms. The molecule has 14 heavy (non-hydrogen) atoms. The van der Waals surface area contributed by atoms with E-state index in [-0.39, 0.29) is 11.2 Å². The predicted octanol–water partition coefficient (Wildman–Crippen LogP) is 3.76. The van der Waals surface area contributed by atoms with E-state index in [2.05, 4.69) is 19.9 Å². The van der Waals surface area contributed by atoms with Gasteiger partial charge in [-0.1, -0.05) is 52.8 Å². The Kier molecular flexibility index (Phi) is 5.44. The highest BCUT2D eigenvalue weighted by Crippen LogP contribution is 2.14. The van der Waals surface area contributed by atoms with Gasteiger partial charge in [0.05, 0.1) is 0 Å². The lowest BCUT2D eigenvalue weighted by atomic mass is 9.91. The number of rotatable bonds is 4. The third kappa shape index (κ3) is 6.64. The molecule has 0 fully saturated rings. The van der Waals surface area contributed by atoms with Crippen molar-refractivity contribution in [3.8, 4) is 0 Å². The van der Waals surface area contributed by atoms with Crippen LogP contribution < -0.4 is 0 Å². The van der Waals surface area contributed by atoms with E-state index in [9.17, 15) is 4.79 Å². The Morgan fingerprint density at radius 2 is 1.79 bits per heavy atom. The number of hydrogen-bond donors (Lipinski definition) is 0. The minimum Gasteiger partial charge on any atom is -0.294 e. The summed E-state index contributed by atoms with van der Waals surface area (Å²) in [4.78, 5) is 11.4. The second-order valence-corrected chi connectivity index (χ2v) is 5.03. The van der Waals surface area contributed by atoms with Gasteiger partial charge in [0, 0.05) is 5.41 Å². The monoisotopic (exact) mass is 194 g/mol. The topological polar surface area (TPSA) is 17.1 Å². The molecular formula is C13H22O. The lowest BCUT2D eigenvalue weighted by Crippen LogP contribution is -2.17. The van der Waals surface area contributed by atoms with Gasteiger partial charge in [-0.15, -0.1) is 0 Å². The summed E-state index contributed by atoms with van der Waals surface area (Å²) in [5.41, 5.74) is -0.262. The van der Waals surface area contributed by atoms with Crippen LogP contribution in [0.1, 0.15) is 41.0 Å². The molecule has 0 heterocycles. The number of carbonyl (C=O) groups excluding carboxylic acids is 1. The summed E-state index contributed by atoms with van der Waals surface area (Å²) >= 11 is 0. The SMILES string of the molecule is CC(C)C/C=C/C=C/C(=O)C(C)(C)C. The zero-order chi connectivity index (χ0) is 11.2. The summed E-state index contributed by atoms with van der Waals surface area (Å²) in [6, 6.07) is 0. The Morgan fingerprint density at radius 3 is 2.21 bits per heavy atom. The maximum absolute atomic E-state index is 11.4. The zero-order valence-corrected chi connectivity index (χ0v) is 10.0. The molecule has 1 nitrogen and oxygen atoms in total. The second-order valence-electron chi connectivity index (χ2n) is 5.03. The molecule has 0 aromatic heterocycles. The van der Waals surface area contributed by atoms with E-state index in [0.29, 0.717) is 5.92 Å². The second kappa shape index (κ2) is 5.79. The summed E-state index contributed by atoms with van der Waals surface area (Å²) in [6.45, 7) is 10.1. The normalized spacial score (nSPS) is 13.3. The fourth-order valence-corrected chi connectivity index (χ4v) is 0.822. The van der Waals surface area contributed by atoms with E-state index in [1.807, 2.05) is 32.9 Å². The third-order valence-corrected chi connectivity index (χ3v) is 1.84. The summed E-state index contributed by atoms with van der Waals surface area (Å²) in [7, 11) is 0. The van der Waals surface area contributed by atoms with Crippen LogP contribution in [0.25, 0.3) is 0 Å². The van der Waals surface area contributed by atoms with Gasteiger partial charge in [-0.05, 0) is 18.4 Å². The number of hydrogen-bond acceptors (Lipinski definition) is 1. The highest BCUT2D eigenvalue weighted by molar-refractivity contribution is 5.94. The van der Waals surface area contributed by atoms with E-state index in [1.54, 1.807) is 6.08 Å². The Labute approximate surface area is 87.9 Å². The number of allylic oxidation sites excluding steroid dienone is 4. The molecule has 0 atom stereocenters.